The third kappa shape index (κ3) is 11.3. The largest absolute Gasteiger partial charge is 0.493 e. The average molecular weight is 532 g/mol. The van der Waals surface area contributed by atoms with Crippen molar-refractivity contribution in [2.75, 3.05) is 34.0 Å². The number of ether oxygens (including phenoxy) is 4. The van der Waals surface area contributed by atoms with E-state index in [1.807, 2.05) is 48.5 Å². The van der Waals surface area contributed by atoms with Gasteiger partial charge in [0, 0.05) is 26.7 Å². The normalized spacial score (nSPS) is 13.6. The molecule has 0 heterocycles. The molecule has 38 heavy (non-hydrogen) atoms. The molecule has 0 aromatic heterocycles. The van der Waals surface area contributed by atoms with Crippen molar-refractivity contribution in [2.45, 2.75) is 64.7 Å². The lowest BCUT2D eigenvalue weighted by Crippen LogP contribution is -2.45. The molecule has 3 N–H and O–H groups in total. The van der Waals surface area contributed by atoms with E-state index in [4.69, 9.17) is 18.9 Å². The van der Waals surface area contributed by atoms with Crippen molar-refractivity contribution in [2.24, 2.45) is 11.8 Å². The molecule has 3 atom stereocenters. The van der Waals surface area contributed by atoms with E-state index in [0.29, 0.717) is 44.0 Å². The Balaban J connectivity index is 2.10. The first-order chi connectivity index (χ1) is 18.4. The maximum atomic E-state index is 12.6. The van der Waals surface area contributed by atoms with Gasteiger partial charge in [-0.05, 0) is 60.8 Å². The summed E-state index contributed by atoms with van der Waals surface area (Å²) in [6.07, 6.45) is 1.53. The van der Waals surface area contributed by atoms with E-state index < -0.39 is 18.2 Å². The van der Waals surface area contributed by atoms with Gasteiger partial charge in [0.2, 0.25) is 0 Å². The van der Waals surface area contributed by atoms with Gasteiger partial charge in [0.25, 0.3) is 0 Å². The van der Waals surface area contributed by atoms with E-state index in [0.717, 1.165) is 24.0 Å². The zero-order chi connectivity index (χ0) is 27.8. The van der Waals surface area contributed by atoms with Crippen molar-refractivity contribution in [1.82, 2.24) is 5.32 Å². The summed E-state index contributed by atoms with van der Waals surface area (Å²) in [6, 6.07) is 14.9. The Hall–Kier alpha value is -2.81. The number of aliphatic hydroxyl groups is 2. The van der Waals surface area contributed by atoms with Crippen LogP contribution in [0.5, 0.6) is 11.5 Å². The number of nitrogens with one attached hydrogen (secondary N) is 1. The number of hydrogen-bond acceptors (Lipinski definition) is 7. The van der Waals surface area contributed by atoms with E-state index in [2.05, 4.69) is 19.2 Å². The molecule has 0 saturated carbocycles. The van der Waals surface area contributed by atoms with Crippen LogP contribution in [0.15, 0.2) is 48.5 Å². The molecule has 0 bridgehead atoms. The predicted molar refractivity (Wildman–Crippen MR) is 148 cm³/mol. The Morgan fingerprint density at radius 2 is 1.74 bits per heavy atom. The van der Waals surface area contributed by atoms with Crippen molar-refractivity contribution < 1.29 is 34.0 Å². The fourth-order valence-corrected chi connectivity index (χ4v) is 4.30. The van der Waals surface area contributed by atoms with E-state index in [9.17, 15) is 15.0 Å². The molecular weight excluding hydrogens is 486 g/mol. The number of carbonyl (C=O) groups is 1. The topological polar surface area (TPSA) is 106 Å². The highest BCUT2D eigenvalue weighted by molar-refractivity contribution is 5.67. The Morgan fingerprint density at radius 1 is 0.974 bits per heavy atom. The summed E-state index contributed by atoms with van der Waals surface area (Å²) in [6.45, 7) is 5.56. The van der Waals surface area contributed by atoms with Crippen LogP contribution in [0.25, 0.3) is 0 Å². The summed E-state index contributed by atoms with van der Waals surface area (Å²) >= 11 is 0. The minimum atomic E-state index is -0.803. The number of rotatable bonds is 18. The molecule has 1 amide bonds. The van der Waals surface area contributed by atoms with Crippen molar-refractivity contribution in [3.05, 3.63) is 59.7 Å². The Kier molecular flexibility index (Phi) is 14.6. The van der Waals surface area contributed by atoms with Gasteiger partial charge in [-0.2, -0.15) is 0 Å². The molecule has 0 saturated heterocycles. The van der Waals surface area contributed by atoms with Gasteiger partial charge in [-0.3, -0.25) is 0 Å². The number of benzene rings is 2. The van der Waals surface area contributed by atoms with Crippen LogP contribution in [0.1, 0.15) is 50.7 Å². The first-order valence-corrected chi connectivity index (χ1v) is 13.4. The van der Waals surface area contributed by atoms with E-state index in [-0.39, 0.29) is 25.0 Å². The number of carbonyl (C=O) groups excluding carboxylic acids is 1. The fraction of sp³-hybridized carbons (Fsp3) is 0.567. The molecule has 2 aromatic rings. The lowest BCUT2D eigenvalue weighted by Gasteiger charge is -2.30. The molecule has 2 rings (SSSR count). The summed E-state index contributed by atoms with van der Waals surface area (Å²) in [5, 5.41) is 23.0. The van der Waals surface area contributed by atoms with Crippen LogP contribution in [0, 0.1) is 11.8 Å². The molecule has 0 fully saturated rings. The first kappa shape index (κ1) is 31.4. The standard InChI is InChI=1S/C30H45NO7/c1-22(2)25(18-24-13-14-28(36-4)29(19-24)37-17-9-16-35-3)20-26(27(33)12-8-15-32)31-30(34)38-21-23-10-6-5-7-11-23/h5-7,10-11,13-14,19,22,25-27,32-33H,8-9,12,15-18,20-21H2,1-4H3,(H,31,34)/t25-,26-,27+/m0/s1. The molecule has 8 nitrogen and oxygen atoms in total. The number of alkyl carbamates (subject to hydrolysis) is 1. The molecule has 0 aliphatic rings. The highest BCUT2D eigenvalue weighted by atomic mass is 16.5. The zero-order valence-corrected chi connectivity index (χ0v) is 23.2. The fourth-order valence-electron chi connectivity index (χ4n) is 4.30. The van der Waals surface area contributed by atoms with Crippen molar-refractivity contribution in [1.29, 1.82) is 0 Å². The van der Waals surface area contributed by atoms with E-state index >= 15 is 0 Å². The lowest BCUT2D eigenvalue weighted by molar-refractivity contribution is 0.0790. The van der Waals surface area contributed by atoms with E-state index in [1.54, 1.807) is 14.2 Å². The average Bonchev–Trinajstić information content (AvgIpc) is 2.92. The minimum absolute atomic E-state index is 0.0190. The third-order valence-electron chi connectivity index (χ3n) is 6.61. The highest BCUT2D eigenvalue weighted by Crippen LogP contribution is 2.31. The van der Waals surface area contributed by atoms with Gasteiger partial charge >= 0.3 is 6.09 Å². The van der Waals surface area contributed by atoms with Gasteiger partial charge in [-0.1, -0.05) is 50.2 Å². The third-order valence-corrected chi connectivity index (χ3v) is 6.61. The van der Waals surface area contributed by atoms with Crippen molar-refractivity contribution in [3.63, 3.8) is 0 Å². The molecular formula is C30H45NO7. The zero-order valence-electron chi connectivity index (χ0n) is 23.2. The summed E-state index contributed by atoms with van der Waals surface area (Å²) in [7, 11) is 3.29. The molecule has 0 aliphatic carbocycles. The highest BCUT2D eigenvalue weighted by Gasteiger charge is 2.27. The Bertz CT molecular complexity index is 922. The monoisotopic (exact) mass is 531 g/mol. The summed E-state index contributed by atoms with van der Waals surface area (Å²) in [5.41, 5.74) is 1.97. The molecule has 0 spiro atoms. The number of methoxy groups -OCH3 is 2. The number of hydrogen-bond donors (Lipinski definition) is 3. The Morgan fingerprint density at radius 3 is 2.39 bits per heavy atom. The van der Waals surface area contributed by atoms with Gasteiger partial charge in [0.15, 0.2) is 11.5 Å². The Labute approximate surface area is 227 Å². The van der Waals surface area contributed by atoms with Crippen LogP contribution in [0.2, 0.25) is 0 Å². The first-order valence-electron chi connectivity index (χ1n) is 13.4. The van der Waals surface area contributed by atoms with E-state index in [1.165, 1.54) is 0 Å². The molecule has 2 aromatic carbocycles. The van der Waals surface area contributed by atoms with Crippen molar-refractivity contribution >= 4 is 6.09 Å². The van der Waals surface area contributed by atoms with Crippen LogP contribution >= 0.6 is 0 Å². The maximum absolute atomic E-state index is 12.6. The number of aliphatic hydroxyl groups excluding tert-OH is 2. The van der Waals surface area contributed by atoms with Crippen LogP contribution in [-0.2, 0) is 22.5 Å². The second-order valence-corrected chi connectivity index (χ2v) is 9.87. The SMILES string of the molecule is COCCCOc1cc(C[C@@H](C[C@H](NC(=O)OCc2ccccc2)[C@H](O)CCCO)C(C)C)ccc1OC. The second-order valence-electron chi connectivity index (χ2n) is 9.87. The maximum Gasteiger partial charge on any atom is 0.407 e. The summed E-state index contributed by atoms with van der Waals surface area (Å²) in [5.74, 6) is 1.81. The molecule has 8 heteroatoms. The van der Waals surface area contributed by atoms with Gasteiger partial charge in [0.05, 0.1) is 25.9 Å². The molecule has 0 aliphatic heterocycles. The van der Waals surface area contributed by atoms with Crippen LogP contribution in [0.3, 0.4) is 0 Å². The second kappa shape index (κ2) is 17.7. The van der Waals surface area contributed by atoms with Crippen molar-refractivity contribution in [3.8, 4) is 11.5 Å². The minimum Gasteiger partial charge on any atom is -0.493 e. The van der Waals surface area contributed by atoms with Gasteiger partial charge < -0.3 is 34.5 Å². The summed E-state index contributed by atoms with van der Waals surface area (Å²) < 4.78 is 21.9. The quantitative estimate of drug-likeness (QED) is 0.239. The van der Waals surface area contributed by atoms with Gasteiger partial charge in [-0.25, -0.2) is 4.79 Å². The lowest BCUT2D eigenvalue weighted by atomic mass is 9.82. The molecule has 212 valence electrons. The predicted octanol–water partition coefficient (Wildman–Crippen LogP) is 4.74. The van der Waals surface area contributed by atoms with Crippen LogP contribution < -0.4 is 14.8 Å². The number of amides is 1. The smallest absolute Gasteiger partial charge is 0.407 e. The summed E-state index contributed by atoms with van der Waals surface area (Å²) in [4.78, 5) is 12.6. The van der Waals surface area contributed by atoms with Gasteiger partial charge in [-0.15, -0.1) is 0 Å². The van der Waals surface area contributed by atoms with Gasteiger partial charge in [0.1, 0.15) is 6.61 Å². The molecule has 0 radical (unpaired) electrons. The van der Waals surface area contributed by atoms with Crippen LogP contribution in [0.4, 0.5) is 4.79 Å². The molecule has 0 unspecified atom stereocenters. The van der Waals surface area contributed by atoms with Crippen LogP contribution in [-0.4, -0.2) is 62.5 Å².